The smallest absolute Gasteiger partial charge is 0.303 e. The van der Waals surface area contributed by atoms with Gasteiger partial charge in [0.15, 0.2) is 51.5 Å². The molecule has 13 rings (SSSR count). The third-order valence-electron chi connectivity index (χ3n) is 20.6. The first-order valence-electron chi connectivity index (χ1n) is 37.3. The molecular weight excluding hydrogens is 1490 g/mol. The highest BCUT2D eigenvalue weighted by molar-refractivity contribution is 6.35. The van der Waals surface area contributed by atoms with Crippen molar-refractivity contribution in [3.8, 4) is 11.1 Å². The van der Waals surface area contributed by atoms with Gasteiger partial charge < -0.3 is 38.3 Å². The molecule has 17 nitrogen and oxygen atoms in total. The van der Waals surface area contributed by atoms with Crippen LogP contribution < -0.4 is 0 Å². The minimum atomic E-state index is -1.69. The summed E-state index contributed by atoms with van der Waals surface area (Å²) < 4.78 is 54.8. The molecule has 21 heteroatoms. The molecule has 0 aliphatic carbocycles. The van der Waals surface area contributed by atoms with Crippen molar-refractivity contribution in [3.05, 3.63) is 330 Å². The molecule has 0 saturated carbocycles. The molecule has 0 radical (unpaired) electrons. The molecule has 3 N–H and O–H groups in total. The lowest BCUT2D eigenvalue weighted by atomic mass is 9.93. The van der Waals surface area contributed by atoms with Crippen LogP contribution in [0.1, 0.15) is 95.8 Å². The van der Waals surface area contributed by atoms with Crippen molar-refractivity contribution in [3.63, 3.8) is 0 Å². The zero-order chi connectivity index (χ0) is 84.5. The van der Waals surface area contributed by atoms with Crippen molar-refractivity contribution in [2.75, 3.05) is 0 Å². The first-order chi connectivity index (χ1) is 54.8. The van der Waals surface area contributed by atoms with Gasteiger partial charge in [0.2, 0.25) is 0 Å². The number of aliphatic hydroxyl groups is 3. The third-order valence-corrected chi connectivity index (χ3v) is 20.9. The summed E-state index contributed by atoms with van der Waals surface area (Å²) in [5, 5.41) is 36.0. The summed E-state index contributed by atoms with van der Waals surface area (Å²) >= 11 is 6.32. The number of ketones is 4. The molecule has 4 heterocycles. The highest BCUT2D eigenvalue weighted by Crippen LogP contribution is 2.34. The lowest BCUT2D eigenvalue weighted by Crippen LogP contribution is -2.44. The minimum absolute atomic E-state index is 0.0144. The van der Waals surface area contributed by atoms with Crippen LogP contribution in [0.4, 0.5) is 35.9 Å². The summed E-state index contributed by atoms with van der Waals surface area (Å²) in [6, 6.07) is 50.9. The topological polar surface area (TPSA) is 192 Å². The maximum Gasteiger partial charge on any atom is 0.303 e. The molecule has 0 unspecified atom stereocenters. The summed E-state index contributed by atoms with van der Waals surface area (Å²) in [4.78, 5) is 77.0. The van der Waals surface area contributed by atoms with E-state index in [-0.39, 0.29) is 86.6 Å². The van der Waals surface area contributed by atoms with E-state index in [1.165, 1.54) is 52.1 Å². The molecule has 590 valence electrons. The second kappa shape index (κ2) is 35.7. The molecule has 0 amide bonds. The van der Waals surface area contributed by atoms with Crippen LogP contribution in [0.2, 0.25) is 5.02 Å². The van der Waals surface area contributed by atoms with E-state index in [1.54, 1.807) is 132 Å². The normalized spacial score (nSPS) is 13.1. The number of rotatable bonds is 22. The van der Waals surface area contributed by atoms with E-state index in [4.69, 9.17) is 42.6 Å². The highest BCUT2D eigenvalue weighted by atomic mass is 35.5. The minimum Gasteiger partial charge on any atom is -0.450 e. The molecule has 0 spiro atoms. The Morgan fingerprint density at radius 1 is 0.397 bits per heavy atom. The second-order valence-electron chi connectivity index (χ2n) is 30.6. The monoisotopic (exact) mass is 1580 g/mol. The van der Waals surface area contributed by atoms with Gasteiger partial charge in [0.25, 0.3) is 0 Å². The Hall–Kier alpha value is -12.8. The molecule has 0 saturated heterocycles. The number of carbonyl (C=O) groups excluding carboxylic acids is 5. The second-order valence-corrected chi connectivity index (χ2v) is 31.0. The molecule has 4 aromatic heterocycles. The molecule has 0 aliphatic rings. The average molecular weight is 1580 g/mol. The van der Waals surface area contributed by atoms with Crippen LogP contribution >= 0.6 is 11.6 Å². The lowest BCUT2D eigenvalue weighted by Gasteiger charge is -2.29. The Morgan fingerprint density at radius 3 is 1.22 bits per heavy atom. The number of halogens is 4. The summed E-state index contributed by atoms with van der Waals surface area (Å²) in [5.74, 6) is -2.88. The molecule has 116 heavy (non-hydrogen) atoms. The van der Waals surface area contributed by atoms with Crippen LogP contribution in [0.15, 0.2) is 201 Å². The number of esters is 1. The molecule has 4 atom stereocenters. The number of carbonyl (C=O) groups is 5. The van der Waals surface area contributed by atoms with Gasteiger partial charge in [0, 0.05) is 84.6 Å². The Morgan fingerprint density at radius 2 is 0.784 bits per heavy atom. The zero-order valence-electron chi connectivity index (χ0n) is 66.6. The maximum atomic E-state index is 14.8. The number of hydrogen-bond donors (Lipinski definition) is 3. The van der Waals surface area contributed by atoms with E-state index in [0.717, 1.165) is 77.4 Å². The fraction of sp³-hybridized carbons (Fsp3) is 0.253. The predicted octanol–water partition coefficient (Wildman–Crippen LogP) is 20.5. The van der Waals surface area contributed by atoms with E-state index in [1.807, 2.05) is 111 Å². The average Bonchev–Trinajstić information content (AvgIpc) is 1.59. The van der Waals surface area contributed by atoms with Crippen molar-refractivity contribution in [1.82, 2.24) is 18.3 Å². The van der Waals surface area contributed by atoms with E-state index in [2.05, 4.69) is 25.4 Å². The fourth-order valence-electron chi connectivity index (χ4n) is 14.0. The van der Waals surface area contributed by atoms with Crippen LogP contribution in [0.25, 0.3) is 74.1 Å². The number of fused-ring (bicyclic) bond motifs is 4. The molecule has 9 aromatic carbocycles. The van der Waals surface area contributed by atoms with Gasteiger partial charge in [-0.25, -0.2) is 32.6 Å². The number of benzene rings is 9. The lowest BCUT2D eigenvalue weighted by molar-refractivity contribution is -0.165. The van der Waals surface area contributed by atoms with E-state index >= 15 is 0 Å². The van der Waals surface area contributed by atoms with Gasteiger partial charge in [0.05, 0.1) is 68.5 Å². The molecule has 0 bridgehead atoms. The quantitative estimate of drug-likeness (QED) is 0.0437. The summed E-state index contributed by atoms with van der Waals surface area (Å²) in [5.41, 5.74) is 9.77. The Labute approximate surface area is 677 Å². The Balaban J connectivity index is 0.000000164. The fourth-order valence-corrected chi connectivity index (χ4v) is 14.3. The number of ether oxygens (including phenoxy) is 1. The van der Waals surface area contributed by atoms with Gasteiger partial charge in [-0.3, -0.25) is 24.0 Å². The van der Waals surface area contributed by atoms with E-state index in [9.17, 15) is 52.5 Å². The van der Waals surface area contributed by atoms with Gasteiger partial charge in [-0.1, -0.05) is 131 Å². The number of hydrogen-bond acceptors (Lipinski definition) is 9. The van der Waals surface area contributed by atoms with Gasteiger partial charge in [0.1, 0.15) is 34.3 Å². The molecule has 0 aliphatic heterocycles. The number of aromatic nitrogens is 4. The zero-order valence-corrected chi connectivity index (χ0v) is 67.3. The van der Waals surface area contributed by atoms with Gasteiger partial charge in [-0.05, 0) is 210 Å². The van der Waals surface area contributed by atoms with E-state index < -0.39 is 34.2 Å². The van der Waals surface area contributed by atoms with Crippen LogP contribution in [0.5, 0.6) is 0 Å². The SMILES string of the molecule is [C-]#[N+]c1ccc(CC(=O)[C@@](C)(O)Cn2cc(Cl)c3cc(C)ccc32)cc1C.[C-]#[N+]c1ccc(CC(=O)[C@@](C)(O)Cn2cc(F)c3cc(C)ccc32)cc1C.[C-]#[N+]c1ccc(CC(=O)[C@@](C)(O)Cn2ccc3c(F)cc(-c4ccc(F)cc4)cc32)cc1C.[C-]#[N+]c1ccc(CC(=O)[C@](C)(Cn2ccc3cc(C)ccc32)OC(C)=O)cc1C. The van der Waals surface area contributed by atoms with Gasteiger partial charge in [-0.2, -0.15) is 0 Å². The van der Waals surface area contributed by atoms with Crippen molar-refractivity contribution in [1.29, 1.82) is 0 Å². The first kappa shape index (κ1) is 85.6. The van der Waals surface area contributed by atoms with E-state index in [0.29, 0.717) is 66.3 Å². The Kier molecular flexibility index (Phi) is 26.4. The summed E-state index contributed by atoms with van der Waals surface area (Å²) in [7, 11) is 0. The standard InChI is InChI=1S/C27H22F2N2O2.C24H24N2O3.C22H21ClN2O2.C22H21FN2O2/c1-17-12-18(4-9-24(17)30-3)13-26(32)27(2,33)16-31-11-10-22-23(29)14-20(15-25(22)31)19-5-7-21(28)8-6-19;1-16-6-9-22-20(12-16)10-11-26(22)15-24(4,29-18(3)27)23(28)14-19-7-8-21(25-5)17(2)13-19;2*1-14-5-8-20-17(9-14)18(23)12-25(20)13-22(3,27)21(26)11-16-6-7-19(24-4)15(2)10-16/h4-12,14-15,33H,13,16H2,1-2H3;6-13H,14-15H2,1-4H3;2*5-10,12,27H,11,13H2,1-3H3/t27-;24-;2*22-/m0000/s1. The summed E-state index contributed by atoms with van der Waals surface area (Å²) in [6.45, 7) is 49.4. The first-order valence-corrected chi connectivity index (χ1v) is 37.7. The van der Waals surface area contributed by atoms with Crippen LogP contribution in [0, 0.1) is 92.2 Å². The number of nitrogens with zero attached hydrogens (tertiary/aromatic N) is 8. The maximum absolute atomic E-state index is 14.8. The molecular formula is C95H88ClF3N8O9. The number of aryl methyl sites for hydroxylation is 7. The largest absolute Gasteiger partial charge is 0.450 e. The van der Waals surface area contributed by atoms with Gasteiger partial charge in [-0.15, -0.1) is 0 Å². The van der Waals surface area contributed by atoms with Crippen LogP contribution in [0.3, 0.4) is 0 Å². The van der Waals surface area contributed by atoms with Crippen LogP contribution in [-0.2, 0) is 80.6 Å². The summed E-state index contributed by atoms with van der Waals surface area (Å²) in [6.07, 6.45) is 6.92. The number of Topliss-reactive ketones (excluding diaryl/α,β-unsaturated/α-hetero) is 4. The Bertz CT molecular complexity index is 6000. The van der Waals surface area contributed by atoms with Crippen molar-refractivity contribution in [2.45, 2.75) is 157 Å². The van der Waals surface area contributed by atoms with Crippen molar-refractivity contribution >= 4 is 107 Å². The van der Waals surface area contributed by atoms with Crippen molar-refractivity contribution in [2.24, 2.45) is 0 Å². The highest BCUT2D eigenvalue weighted by Gasteiger charge is 2.38. The molecule has 13 aromatic rings. The predicted molar refractivity (Wildman–Crippen MR) is 449 cm³/mol. The van der Waals surface area contributed by atoms with Gasteiger partial charge >= 0.3 is 5.97 Å². The van der Waals surface area contributed by atoms with Crippen LogP contribution in [-0.4, -0.2) is 85.1 Å². The third kappa shape index (κ3) is 20.4. The van der Waals surface area contributed by atoms with Crippen molar-refractivity contribution < 1.29 is 57.2 Å². The molecule has 0 fully saturated rings.